The minimum Gasteiger partial charge on any atom is -0.377 e. The molecule has 2 N–H and O–H groups in total. The van der Waals surface area contributed by atoms with E-state index in [1.165, 1.54) is 0 Å². The molecule has 0 aliphatic rings. The average Bonchev–Trinajstić information content (AvgIpc) is 2.44. The van der Waals surface area contributed by atoms with Crippen LogP contribution in [0, 0.1) is 0 Å². The van der Waals surface area contributed by atoms with Crippen molar-refractivity contribution in [3.05, 3.63) is 11.9 Å². The highest BCUT2D eigenvalue weighted by molar-refractivity contribution is 5.80. The van der Waals surface area contributed by atoms with Gasteiger partial charge in [-0.25, -0.2) is 9.97 Å². The highest BCUT2D eigenvalue weighted by Crippen LogP contribution is 2.16. The van der Waals surface area contributed by atoms with Crippen molar-refractivity contribution in [1.82, 2.24) is 15.3 Å². The van der Waals surface area contributed by atoms with E-state index < -0.39 is 0 Å². The fourth-order valence-corrected chi connectivity index (χ4v) is 1.72. The smallest absolute Gasteiger partial charge is 0.239 e. The Bertz CT molecular complexity index is 415. The zero-order valence-electron chi connectivity index (χ0n) is 12.6. The van der Waals surface area contributed by atoms with Gasteiger partial charge >= 0.3 is 0 Å². The van der Waals surface area contributed by atoms with E-state index in [1.807, 2.05) is 24.8 Å². The summed E-state index contributed by atoms with van der Waals surface area (Å²) in [5.74, 6) is 1.99. The number of amides is 1. The second kappa shape index (κ2) is 8.31. The number of carbonyl (C=O) groups excluding carboxylic acids is 1. The fraction of sp³-hybridized carbons (Fsp3) is 0.615. The average molecular weight is 281 g/mol. The number of nitrogens with one attached hydrogen (secondary N) is 2. The van der Waals surface area contributed by atoms with E-state index in [4.69, 9.17) is 4.74 Å². The van der Waals surface area contributed by atoms with Crippen molar-refractivity contribution in [2.75, 3.05) is 44.0 Å². The molecule has 0 spiro atoms. The molecule has 112 valence electrons. The van der Waals surface area contributed by atoms with E-state index in [2.05, 4.69) is 20.6 Å². The van der Waals surface area contributed by atoms with Crippen molar-refractivity contribution >= 4 is 17.5 Å². The Hall–Kier alpha value is -1.89. The molecule has 0 saturated heterocycles. The van der Waals surface area contributed by atoms with Crippen LogP contribution in [0.3, 0.4) is 0 Å². The van der Waals surface area contributed by atoms with Crippen LogP contribution in [-0.2, 0) is 16.1 Å². The van der Waals surface area contributed by atoms with Gasteiger partial charge in [-0.05, 0) is 13.8 Å². The normalized spacial score (nSPS) is 10.2. The maximum absolute atomic E-state index is 11.5. The number of hydrogen-bond donors (Lipinski definition) is 2. The van der Waals surface area contributed by atoms with E-state index >= 15 is 0 Å². The quantitative estimate of drug-likeness (QED) is 0.727. The minimum absolute atomic E-state index is 0.0521. The number of rotatable bonds is 8. The van der Waals surface area contributed by atoms with Crippen molar-refractivity contribution < 1.29 is 9.53 Å². The summed E-state index contributed by atoms with van der Waals surface area (Å²) in [6.07, 6.45) is 0. The third-order valence-electron chi connectivity index (χ3n) is 2.71. The van der Waals surface area contributed by atoms with E-state index in [9.17, 15) is 4.79 Å². The van der Waals surface area contributed by atoms with Gasteiger partial charge in [0.2, 0.25) is 5.91 Å². The Kier molecular flexibility index (Phi) is 6.72. The van der Waals surface area contributed by atoms with Crippen molar-refractivity contribution in [3.8, 4) is 0 Å². The summed E-state index contributed by atoms with van der Waals surface area (Å²) < 4.78 is 5.08. The predicted molar refractivity (Wildman–Crippen MR) is 78.9 cm³/mol. The molecule has 0 unspecified atom stereocenters. The molecule has 0 saturated carbocycles. The monoisotopic (exact) mass is 281 g/mol. The van der Waals surface area contributed by atoms with Crippen LogP contribution >= 0.6 is 0 Å². The second-order valence-electron chi connectivity index (χ2n) is 4.18. The Labute approximate surface area is 119 Å². The molecule has 7 heteroatoms. The molecule has 1 rings (SSSR count). The van der Waals surface area contributed by atoms with Crippen LogP contribution in [0.15, 0.2) is 6.07 Å². The molecule has 0 radical (unpaired) electrons. The van der Waals surface area contributed by atoms with Gasteiger partial charge in [-0.2, -0.15) is 0 Å². The zero-order valence-corrected chi connectivity index (χ0v) is 12.6. The third-order valence-corrected chi connectivity index (χ3v) is 2.71. The molecule has 1 heterocycles. The third kappa shape index (κ3) is 4.65. The second-order valence-corrected chi connectivity index (χ2v) is 4.18. The van der Waals surface area contributed by atoms with Crippen LogP contribution in [0.25, 0.3) is 0 Å². The first-order chi connectivity index (χ1) is 9.64. The molecule has 1 aromatic heterocycles. The highest BCUT2D eigenvalue weighted by Gasteiger charge is 2.13. The Balaban J connectivity index is 3.02. The number of anilines is 2. The van der Waals surface area contributed by atoms with Gasteiger partial charge in [-0.3, -0.25) is 4.79 Å². The molecule has 0 aromatic carbocycles. The van der Waals surface area contributed by atoms with Gasteiger partial charge in [-0.15, -0.1) is 0 Å². The van der Waals surface area contributed by atoms with Gasteiger partial charge < -0.3 is 20.3 Å². The lowest BCUT2D eigenvalue weighted by molar-refractivity contribution is -0.119. The molecule has 20 heavy (non-hydrogen) atoms. The number of aromatic nitrogens is 2. The number of likely N-dealkylation sites (N-methyl/N-ethyl adjacent to an activating group) is 2. The molecule has 0 aliphatic carbocycles. The number of hydrogen-bond acceptors (Lipinski definition) is 6. The summed E-state index contributed by atoms with van der Waals surface area (Å²) in [4.78, 5) is 22.2. The summed E-state index contributed by atoms with van der Waals surface area (Å²) in [6, 6.07) is 1.84. The van der Waals surface area contributed by atoms with Crippen LogP contribution in [-0.4, -0.2) is 49.7 Å². The van der Waals surface area contributed by atoms with Crippen molar-refractivity contribution in [2.24, 2.45) is 0 Å². The number of nitrogens with zero attached hydrogens (tertiary/aromatic N) is 3. The van der Waals surface area contributed by atoms with Crippen LogP contribution in [0.5, 0.6) is 0 Å². The van der Waals surface area contributed by atoms with Crippen LogP contribution in [0.4, 0.5) is 11.6 Å². The summed E-state index contributed by atoms with van der Waals surface area (Å²) in [5.41, 5.74) is 0. The molecule has 0 fully saturated rings. The number of ether oxygens (including phenoxy) is 1. The number of methoxy groups -OCH3 is 1. The Morgan fingerprint density at radius 1 is 1.40 bits per heavy atom. The van der Waals surface area contributed by atoms with Gasteiger partial charge in [0.25, 0.3) is 0 Å². The van der Waals surface area contributed by atoms with Gasteiger partial charge in [0.1, 0.15) is 18.2 Å². The lowest BCUT2D eigenvalue weighted by Crippen LogP contribution is -2.36. The summed E-state index contributed by atoms with van der Waals surface area (Å²) in [7, 11) is 3.22. The van der Waals surface area contributed by atoms with Crippen molar-refractivity contribution in [1.29, 1.82) is 0 Å². The van der Waals surface area contributed by atoms with Gasteiger partial charge in [0.05, 0.1) is 6.54 Å². The molecule has 0 bridgehead atoms. The first-order valence-electron chi connectivity index (χ1n) is 6.70. The summed E-state index contributed by atoms with van der Waals surface area (Å²) >= 11 is 0. The van der Waals surface area contributed by atoms with E-state index in [0.717, 1.165) is 12.4 Å². The lowest BCUT2D eigenvalue weighted by Gasteiger charge is -2.22. The minimum atomic E-state index is -0.0521. The highest BCUT2D eigenvalue weighted by atomic mass is 16.5. The van der Waals surface area contributed by atoms with Gasteiger partial charge in [0.15, 0.2) is 5.82 Å². The van der Waals surface area contributed by atoms with Gasteiger partial charge in [0, 0.05) is 33.3 Å². The molecular weight excluding hydrogens is 258 g/mol. The Morgan fingerprint density at radius 2 is 2.15 bits per heavy atom. The fourth-order valence-electron chi connectivity index (χ4n) is 1.72. The van der Waals surface area contributed by atoms with E-state index in [1.54, 1.807) is 14.2 Å². The Morgan fingerprint density at radius 3 is 2.70 bits per heavy atom. The van der Waals surface area contributed by atoms with E-state index in [0.29, 0.717) is 24.8 Å². The largest absolute Gasteiger partial charge is 0.377 e. The van der Waals surface area contributed by atoms with Crippen LogP contribution < -0.4 is 15.5 Å². The van der Waals surface area contributed by atoms with Crippen LogP contribution in [0.2, 0.25) is 0 Å². The maximum atomic E-state index is 11.5. The maximum Gasteiger partial charge on any atom is 0.239 e. The first-order valence-corrected chi connectivity index (χ1v) is 6.70. The molecule has 7 nitrogen and oxygen atoms in total. The van der Waals surface area contributed by atoms with Gasteiger partial charge in [-0.1, -0.05) is 0 Å². The molecule has 0 aliphatic heterocycles. The SMILES string of the molecule is CCNc1cc(N(CC)CC(=O)NC)nc(COC)n1. The summed E-state index contributed by atoms with van der Waals surface area (Å²) in [6.45, 7) is 6.03. The number of carbonyl (C=O) groups is 1. The molecule has 1 aromatic rings. The standard InChI is InChI=1S/C13H23N5O2/c1-5-15-10-7-12(17-11(16-10)9-20-4)18(6-2)8-13(19)14-3/h7H,5-6,8-9H2,1-4H3,(H,14,19)(H,15,16,17). The zero-order chi connectivity index (χ0) is 15.0. The summed E-state index contributed by atoms with van der Waals surface area (Å²) in [5, 5.41) is 5.77. The van der Waals surface area contributed by atoms with Crippen molar-refractivity contribution in [2.45, 2.75) is 20.5 Å². The first kappa shape index (κ1) is 16.2. The molecular formula is C13H23N5O2. The molecule has 0 atom stereocenters. The lowest BCUT2D eigenvalue weighted by atomic mass is 10.4. The van der Waals surface area contributed by atoms with Crippen molar-refractivity contribution in [3.63, 3.8) is 0 Å². The molecule has 1 amide bonds. The topological polar surface area (TPSA) is 79.4 Å². The van der Waals surface area contributed by atoms with Crippen LogP contribution in [0.1, 0.15) is 19.7 Å². The van der Waals surface area contributed by atoms with E-state index in [-0.39, 0.29) is 12.5 Å². The predicted octanol–water partition coefficient (Wildman–Crippen LogP) is 0.627.